The van der Waals surface area contributed by atoms with E-state index < -0.39 is 0 Å². The molecule has 26 heavy (non-hydrogen) atoms. The summed E-state index contributed by atoms with van der Waals surface area (Å²) in [5, 5.41) is 3.17. The van der Waals surface area contributed by atoms with E-state index in [1.54, 1.807) is 7.11 Å². The first kappa shape index (κ1) is 17.8. The van der Waals surface area contributed by atoms with Gasteiger partial charge in [0.1, 0.15) is 0 Å². The molecule has 1 aliphatic carbocycles. The maximum atomic E-state index is 12.6. The zero-order valence-electron chi connectivity index (χ0n) is 15.4. The summed E-state index contributed by atoms with van der Waals surface area (Å²) in [5.41, 5.74) is 1.86. The molecule has 0 bridgehead atoms. The molecule has 0 radical (unpaired) electrons. The van der Waals surface area contributed by atoms with Crippen LogP contribution in [0.2, 0.25) is 0 Å². The lowest BCUT2D eigenvalue weighted by molar-refractivity contribution is -0.157. The molecule has 1 saturated carbocycles. The molecule has 1 aromatic carbocycles. The molecule has 2 heterocycles. The smallest absolute Gasteiger partial charge is 0.251 e. The van der Waals surface area contributed by atoms with Gasteiger partial charge in [0.15, 0.2) is 0 Å². The Morgan fingerprint density at radius 2 is 1.88 bits per heavy atom. The largest absolute Gasteiger partial charge is 0.380 e. The van der Waals surface area contributed by atoms with E-state index >= 15 is 0 Å². The number of ether oxygens (including phenoxy) is 3. The SMILES string of the molecule is COC1CCN(c2ccc(C(=O)NC3CCC4OCCOC4C3)cc2)C1. The van der Waals surface area contributed by atoms with E-state index in [0.29, 0.717) is 24.9 Å². The van der Waals surface area contributed by atoms with Crippen molar-refractivity contribution in [2.24, 2.45) is 0 Å². The number of benzene rings is 1. The highest BCUT2D eigenvalue weighted by molar-refractivity contribution is 5.94. The molecule has 6 nitrogen and oxygen atoms in total. The Balaban J connectivity index is 1.32. The van der Waals surface area contributed by atoms with Crippen molar-refractivity contribution in [1.29, 1.82) is 0 Å². The minimum Gasteiger partial charge on any atom is -0.380 e. The van der Waals surface area contributed by atoms with Crippen LogP contribution in [0.1, 0.15) is 36.0 Å². The molecule has 2 aliphatic heterocycles. The van der Waals surface area contributed by atoms with Gasteiger partial charge in [0.25, 0.3) is 5.91 Å². The monoisotopic (exact) mass is 360 g/mol. The van der Waals surface area contributed by atoms with Crippen LogP contribution >= 0.6 is 0 Å². The summed E-state index contributed by atoms with van der Waals surface area (Å²) in [5.74, 6) is -0.00656. The summed E-state index contributed by atoms with van der Waals surface area (Å²) < 4.78 is 17.0. The first-order valence-corrected chi connectivity index (χ1v) is 9.65. The second-order valence-electron chi connectivity index (χ2n) is 7.44. The van der Waals surface area contributed by atoms with E-state index in [2.05, 4.69) is 10.2 Å². The maximum Gasteiger partial charge on any atom is 0.251 e. The zero-order chi connectivity index (χ0) is 17.9. The van der Waals surface area contributed by atoms with Crippen LogP contribution in [-0.2, 0) is 14.2 Å². The van der Waals surface area contributed by atoms with Gasteiger partial charge in [-0.15, -0.1) is 0 Å². The molecular weight excluding hydrogens is 332 g/mol. The van der Waals surface area contributed by atoms with E-state index in [0.717, 1.165) is 44.5 Å². The van der Waals surface area contributed by atoms with Crippen molar-refractivity contribution in [2.45, 2.75) is 50.0 Å². The van der Waals surface area contributed by atoms with E-state index in [1.165, 1.54) is 0 Å². The van der Waals surface area contributed by atoms with Gasteiger partial charge in [-0.3, -0.25) is 4.79 Å². The van der Waals surface area contributed by atoms with Crippen LogP contribution in [0.15, 0.2) is 24.3 Å². The molecule has 1 amide bonds. The van der Waals surface area contributed by atoms with Crippen LogP contribution in [0, 0.1) is 0 Å². The van der Waals surface area contributed by atoms with E-state index in [9.17, 15) is 4.79 Å². The Morgan fingerprint density at radius 3 is 2.62 bits per heavy atom. The topological polar surface area (TPSA) is 60.0 Å². The van der Waals surface area contributed by atoms with Crippen LogP contribution in [0.3, 0.4) is 0 Å². The average molecular weight is 360 g/mol. The van der Waals surface area contributed by atoms with Crippen molar-refractivity contribution < 1.29 is 19.0 Å². The minimum absolute atomic E-state index is 0.00656. The Hall–Kier alpha value is -1.63. The molecule has 4 atom stereocenters. The summed E-state index contributed by atoms with van der Waals surface area (Å²) >= 11 is 0. The molecule has 142 valence electrons. The number of hydrogen-bond acceptors (Lipinski definition) is 5. The Labute approximate surface area is 154 Å². The molecule has 1 N–H and O–H groups in total. The van der Waals surface area contributed by atoms with Gasteiger partial charge in [-0.1, -0.05) is 0 Å². The van der Waals surface area contributed by atoms with Crippen LogP contribution in [0.4, 0.5) is 5.69 Å². The van der Waals surface area contributed by atoms with E-state index in [4.69, 9.17) is 14.2 Å². The molecule has 2 saturated heterocycles. The first-order chi connectivity index (χ1) is 12.7. The van der Waals surface area contributed by atoms with Gasteiger partial charge in [0, 0.05) is 37.5 Å². The normalized spacial score (nSPS) is 31.5. The average Bonchev–Trinajstić information content (AvgIpc) is 3.17. The first-order valence-electron chi connectivity index (χ1n) is 9.65. The zero-order valence-corrected chi connectivity index (χ0v) is 15.4. The fourth-order valence-corrected chi connectivity index (χ4v) is 4.24. The van der Waals surface area contributed by atoms with Gasteiger partial charge in [-0.25, -0.2) is 0 Å². The summed E-state index contributed by atoms with van der Waals surface area (Å²) in [6.07, 6.45) is 4.40. The number of anilines is 1. The Morgan fingerprint density at radius 1 is 1.12 bits per heavy atom. The van der Waals surface area contributed by atoms with Crippen molar-refractivity contribution in [2.75, 3.05) is 38.3 Å². The fraction of sp³-hybridized carbons (Fsp3) is 0.650. The second-order valence-corrected chi connectivity index (χ2v) is 7.44. The molecule has 3 aliphatic rings. The van der Waals surface area contributed by atoms with Gasteiger partial charge in [0.2, 0.25) is 0 Å². The Bertz CT molecular complexity index is 621. The van der Waals surface area contributed by atoms with E-state index in [-0.39, 0.29) is 24.2 Å². The van der Waals surface area contributed by atoms with Crippen LogP contribution in [0.25, 0.3) is 0 Å². The van der Waals surface area contributed by atoms with Crippen molar-refractivity contribution in [1.82, 2.24) is 5.32 Å². The lowest BCUT2D eigenvalue weighted by Gasteiger charge is -2.39. The number of carbonyl (C=O) groups excluding carboxylic acids is 1. The number of amides is 1. The molecule has 3 fully saturated rings. The molecule has 4 rings (SSSR count). The van der Waals surface area contributed by atoms with Crippen molar-refractivity contribution in [3.05, 3.63) is 29.8 Å². The summed E-state index contributed by atoms with van der Waals surface area (Å²) in [4.78, 5) is 14.9. The number of nitrogens with zero attached hydrogens (tertiary/aromatic N) is 1. The predicted octanol–water partition coefficient (Wildman–Crippen LogP) is 1.98. The lowest BCUT2D eigenvalue weighted by Crippen LogP contribution is -2.49. The number of fused-ring (bicyclic) bond motifs is 1. The minimum atomic E-state index is -0.00656. The number of hydrogen-bond donors (Lipinski definition) is 1. The van der Waals surface area contributed by atoms with E-state index in [1.807, 2.05) is 24.3 Å². The quantitative estimate of drug-likeness (QED) is 0.890. The molecule has 4 unspecified atom stereocenters. The Kier molecular flexibility index (Phi) is 5.43. The maximum absolute atomic E-state index is 12.6. The van der Waals surface area contributed by atoms with Gasteiger partial charge < -0.3 is 24.4 Å². The predicted molar refractivity (Wildman–Crippen MR) is 98.7 cm³/mol. The van der Waals surface area contributed by atoms with Crippen LogP contribution < -0.4 is 10.2 Å². The number of methoxy groups -OCH3 is 1. The second kappa shape index (κ2) is 7.94. The third-order valence-electron chi connectivity index (χ3n) is 5.79. The molecule has 6 heteroatoms. The van der Waals surface area contributed by atoms with Gasteiger partial charge in [0.05, 0.1) is 31.5 Å². The van der Waals surface area contributed by atoms with Gasteiger partial charge in [-0.05, 0) is 49.9 Å². The standard InChI is InChI=1S/C20H28N2O4/c1-24-17-8-9-22(13-17)16-5-2-14(3-6-16)20(23)21-15-4-7-18-19(12-15)26-11-10-25-18/h2-3,5-6,15,17-19H,4,7-13H2,1H3,(H,21,23). The summed E-state index contributed by atoms with van der Waals surface area (Å²) in [6.45, 7) is 3.25. The van der Waals surface area contributed by atoms with Crippen molar-refractivity contribution in [3.8, 4) is 0 Å². The van der Waals surface area contributed by atoms with Crippen LogP contribution in [-0.4, -0.2) is 63.7 Å². The molecular formula is C20H28N2O4. The number of nitrogens with one attached hydrogen (secondary N) is 1. The van der Waals surface area contributed by atoms with Crippen LogP contribution in [0.5, 0.6) is 0 Å². The highest BCUT2D eigenvalue weighted by atomic mass is 16.6. The van der Waals surface area contributed by atoms with Crippen molar-refractivity contribution in [3.63, 3.8) is 0 Å². The summed E-state index contributed by atoms with van der Waals surface area (Å²) in [6, 6.07) is 8.04. The van der Waals surface area contributed by atoms with Crippen molar-refractivity contribution >= 4 is 11.6 Å². The number of carbonyl (C=O) groups is 1. The molecule has 0 spiro atoms. The third-order valence-corrected chi connectivity index (χ3v) is 5.79. The van der Waals surface area contributed by atoms with Gasteiger partial charge >= 0.3 is 0 Å². The highest BCUT2D eigenvalue weighted by Crippen LogP contribution is 2.27. The molecule has 0 aromatic heterocycles. The molecule has 1 aromatic rings. The number of rotatable bonds is 4. The lowest BCUT2D eigenvalue weighted by atomic mass is 9.89. The highest BCUT2D eigenvalue weighted by Gasteiger charge is 2.34. The van der Waals surface area contributed by atoms with Gasteiger partial charge in [-0.2, -0.15) is 0 Å². The third kappa shape index (κ3) is 3.87. The summed E-state index contributed by atoms with van der Waals surface area (Å²) in [7, 11) is 1.76. The fourth-order valence-electron chi connectivity index (χ4n) is 4.24.